The molecule has 5 nitrogen and oxygen atoms in total. The highest BCUT2D eigenvalue weighted by molar-refractivity contribution is 5.45. The van der Waals surface area contributed by atoms with E-state index in [0.29, 0.717) is 12.6 Å². The van der Waals surface area contributed by atoms with Crippen LogP contribution in [-0.4, -0.2) is 27.2 Å². The fourth-order valence-electron chi connectivity index (χ4n) is 1.68. The molecule has 0 aliphatic heterocycles. The Hall–Kier alpha value is -1.62. The Morgan fingerprint density at radius 3 is 3.12 bits per heavy atom. The van der Waals surface area contributed by atoms with E-state index in [1.54, 1.807) is 10.7 Å². The van der Waals surface area contributed by atoms with Crippen LogP contribution in [0.4, 0.5) is 5.82 Å². The van der Waals surface area contributed by atoms with Gasteiger partial charge >= 0.3 is 0 Å². The molecule has 1 unspecified atom stereocenters. The summed E-state index contributed by atoms with van der Waals surface area (Å²) in [5.74, 6) is 0.883. The summed E-state index contributed by atoms with van der Waals surface area (Å²) in [6, 6.07) is 4.21. The van der Waals surface area contributed by atoms with E-state index in [2.05, 4.69) is 22.3 Å². The van der Waals surface area contributed by atoms with Crippen molar-refractivity contribution in [1.29, 1.82) is 0 Å². The molecule has 86 valence electrons. The molecule has 0 saturated heterocycles. The minimum Gasteiger partial charge on any atom is -0.367 e. The normalized spacial score (nSPS) is 12.9. The first-order valence-electron chi connectivity index (χ1n) is 5.60. The molecule has 3 N–H and O–H groups in total. The number of rotatable bonds is 5. The zero-order valence-electron chi connectivity index (χ0n) is 9.43. The van der Waals surface area contributed by atoms with Crippen molar-refractivity contribution in [2.24, 2.45) is 5.73 Å². The number of hydrogen-bond acceptors (Lipinski definition) is 4. The first-order chi connectivity index (χ1) is 7.83. The van der Waals surface area contributed by atoms with E-state index in [4.69, 9.17) is 5.73 Å². The van der Waals surface area contributed by atoms with Crippen LogP contribution in [0.25, 0.3) is 5.65 Å². The summed E-state index contributed by atoms with van der Waals surface area (Å²) in [6.45, 7) is 2.84. The molecule has 0 radical (unpaired) electrons. The molecule has 0 bridgehead atoms. The lowest BCUT2D eigenvalue weighted by Gasteiger charge is -2.16. The third-order valence-electron chi connectivity index (χ3n) is 2.62. The molecule has 0 aliphatic rings. The van der Waals surface area contributed by atoms with Crippen molar-refractivity contribution in [3.8, 4) is 0 Å². The predicted octanol–water partition coefficient (Wildman–Crippen LogP) is 1.27. The van der Waals surface area contributed by atoms with Gasteiger partial charge in [0.15, 0.2) is 5.65 Å². The van der Waals surface area contributed by atoms with E-state index in [1.165, 1.54) is 0 Å². The molecule has 0 saturated carbocycles. The number of nitrogens with zero attached hydrogens (tertiary/aromatic N) is 3. The van der Waals surface area contributed by atoms with Crippen molar-refractivity contribution in [2.45, 2.75) is 25.8 Å². The maximum Gasteiger partial charge on any atom is 0.157 e. The van der Waals surface area contributed by atoms with E-state index in [0.717, 1.165) is 24.3 Å². The van der Waals surface area contributed by atoms with Crippen LogP contribution in [0.1, 0.15) is 19.8 Å². The summed E-state index contributed by atoms with van der Waals surface area (Å²) < 4.78 is 1.75. The van der Waals surface area contributed by atoms with Crippen molar-refractivity contribution in [3.63, 3.8) is 0 Å². The van der Waals surface area contributed by atoms with Gasteiger partial charge in [-0.3, -0.25) is 0 Å². The lowest BCUT2D eigenvalue weighted by atomic mass is 10.1. The van der Waals surface area contributed by atoms with Crippen LogP contribution in [0.5, 0.6) is 0 Å². The number of fused-ring (bicyclic) bond motifs is 1. The predicted molar refractivity (Wildman–Crippen MR) is 64.4 cm³/mol. The molecule has 16 heavy (non-hydrogen) atoms. The van der Waals surface area contributed by atoms with Crippen molar-refractivity contribution >= 4 is 11.5 Å². The molecule has 0 aliphatic carbocycles. The molecular weight excluding hydrogens is 202 g/mol. The van der Waals surface area contributed by atoms with Crippen LogP contribution in [0, 0.1) is 0 Å². The number of nitrogens with two attached hydrogens (primary N) is 1. The number of anilines is 1. The van der Waals surface area contributed by atoms with E-state index < -0.39 is 0 Å². The quantitative estimate of drug-likeness (QED) is 0.794. The van der Waals surface area contributed by atoms with Crippen LogP contribution in [0.3, 0.4) is 0 Å². The molecule has 2 aromatic rings. The van der Waals surface area contributed by atoms with Crippen molar-refractivity contribution in [3.05, 3.63) is 24.5 Å². The van der Waals surface area contributed by atoms with Crippen LogP contribution < -0.4 is 11.1 Å². The van der Waals surface area contributed by atoms with Crippen molar-refractivity contribution < 1.29 is 0 Å². The highest BCUT2D eigenvalue weighted by Crippen LogP contribution is 2.10. The largest absolute Gasteiger partial charge is 0.367 e. The Balaban J connectivity index is 2.13. The summed E-state index contributed by atoms with van der Waals surface area (Å²) in [6.07, 6.45) is 5.65. The first kappa shape index (κ1) is 10.9. The summed E-state index contributed by atoms with van der Waals surface area (Å²) in [4.78, 5) is 4.45. The fraction of sp³-hybridized carbons (Fsp3) is 0.455. The van der Waals surface area contributed by atoms with Crippen LogP contribution >= 0.6 is 0 Å². The Kier molecular flexibility index (Phi) is 3.36. The summed E-state index contributed by atoms with van der Waals surface area (Å²) in [5.41, 5.74) is 6.41. The van der Waals surface area contributed by atoms with Gasteiger partial charge in [0.2, 0.25) is 0 Å². The van der Waals surface area contributed by atoms with Gasteiger partial charge in [0.05, 0.1) is 6.20 Å². The second-order valence-electron chi connectivity index (χ2n) is 3.77. The standard InChI is InChI=1S/C11H17N5/c1-2-9(3-6-12)14-10-5-8-16-11(15-10)4-7-13-16/h4-5,7-9H,2-3,6,12H2,1H3,(H,14,15). The van der Waals surface area contributed by atoms with Crippen LogP contribution in [-0.2, 0) is 0 Å². The number of nitrogens with one attached hydrogen (secondary N) is 1. The van der Waals surface area contributed by atoms with E-state index >= 15 is 0 Å². The van der Waals surface area contributed by atoms with Crippen molar-refractivity contribution in [2.75, 3.05) is 11.9 Å². The number of aromatic nitrogens is 3. The Morgan fingerprint density at radius 2 is 2.38 bits per heavy atom. The molecule has 2 rings (SSSR count). The minimum absolute atomic E-state index is 0.392. The third kappa shape index (κ3) is 2.30. The topological polar surface area (TPSA) is 68.2 Å². The number of hydrogen-bond donors (Lipinski definition) is 2. The van der Waals surface area contributed by atoms with Crippen molar-refractivity contribution in [1.82, 2.24) is 14.6 Å². The summed E-state index contributed by atoms with van der Waals surface area (Å²) in [5, 5.41) is 7.48. The molecule has 5 heteroatoms. The molecule has 0 aromatic carbocycles. The summed E-state index contributed by atoms with van der Waals surface area (Å²) >= 11 is 0. The maximum atomic E-state index is 5.56. The first-order valence-corrected chi connectivity index (χ1v) is 5.60. The summed E-state index contributed by atoms with van der Waals surface area (Å²) in [7, 11) is 0. The fourth-order valence-corrected chi connectivity index (χ4v) is 1.68. The van der Waals surface area contributed by atoms with Gasteiger partial charge in [-0.15, -0.1) is 0 Å². The molecular formula is C11H17N5. The highest BCUT2D eigenvalue weighted by Gasteiger charge is 2.06. The van der Waals surface area contributed by atoms with Gasteiger partial charge in [-0.1, -0.05) is 6.92 Å². The second-order valence-corrected chi connectivity index (χ2v) is 3.77. The molecule has 2 aromatic heterocycles. The van der Waals surface area contributed by atoms with Gasteiger partial charge in [-0.25, -0.2) is 9.50 Å². The molecule has 0 amide bonds. The second kappa shape index (κ2) is 4.94. The SMILES string of the molecule is CCC(CCN)Nc1ccn2nccc2n1. The van der Waals surface area contributed by atoms with Crippen LogP contribution in [0.15, 0.2) is 24.5 Å². The smallest absolute Gasteiger partial charge is 0.157 e. The maximum absolute atomic E-state index is 5.56. The minimum atomic E-state index is 0.392. The van der Waals surface area contributed by atoms with E-state index in [9.17, 15) is 0 Å². The van der Waals surface area contributed by atoms with Gasteiger partial charge in [0.25, 0.3) is 0 Å². The van der Waals surface area contributed by atoms with Gasteiger partial charge in [-0.2, -0.15) is 5.10 Å². The van der Waals surface area contributed by atoms with E-state index in [1.807, 2.05) is 18.3 Å². The Morgan fingerprint density at radius 1 is 1.50 bits per heavy atom. The monoisotopic (exact) mass is 219 g/mol. The molecule has 0 spiro atoms. The zero-order chi connectivity index (χ0) is 11.4. The zero-order valence-corrected chi connectivity index (χ0v) is 9.43. The lowest BCUT2D eigenvalue weighted by Crippen LogP contribution is -2.22. The molecule has 2 heterocycles. The van der Waals surface area contributed by atoms with Gasteiger partial charge in [-0.05, 0) is 25.5 Å². The average Bonchev–Trinajstić information content (AvgIpc) is 2.75. The molecule has 1 atom stereocenters. The van der Waals surface area contributed by atoms with Crippen LogP contribution in [0.2, 0.25) is 0 Å². The molecule has 0 fully saturated rings. The van der Waals surface area contributed by atoms with Gasteiger partial charge in [0, 0.05) is 18.3 Å². The van der Waals surface area contributed by atoms with E-state index in [-0.39, 0.29) is 0 Å². The third-order valence-corrected chi connectivity index (χ3v) is 2.62. The average molecular weight is 219 g/mol. The van der Waals surface area contributed by atoms with Gasteiger partial charge in [0.1, 0.15) is 5.82 Å². The Bertz CT molecular complexity index is 450. The Labute approximate surface area is 94.7 Å². The lowest BCUT2D eigenvalue weighted by molar-refractivity contribution is 0.639. The van der Waals surface area contributed by atoms with Gasteiger partial charge < -0.3 is 11.1 Å². The highest BCUT2D eigenvalue weighted by atomic mass is 15.2.